The lowest BCUT2D eigenvalue weighted by Crippen LogP contribution is -2.32. The minimum atomic E-state index is -3.66. The van der Waals surface area contributed by atoms with Crippen molar-refractivity contribution in [1.29, 1.82) is 0 Å². The molecule has 1 rings (SSSR count). The fourth-order valence-corrected chi connectivity index (χ4v) is 3.21. The minimum Gasteiger partial charge on any atom is -0.463 e. The first-order valence-electron chi connectivity index (χ1n) is 7.01. The molecule has 0 fully saturated rings. The van der Waals surface area contributed by atoms with Crippen LogP contribution in [0.15, 0.2) is 47.4 Å². The molecular formula is C15H21NO5S. The van der Waals surface area contributed by atoms with E-state index in [-0.39, 0.29) is 31.2 Å². The van der Waals surface area contributed by atoms with Crippen LogP contribution >= 0.6 is 0 Å². The van der Waals surface area contributed by atoms with Crippen molar-refractivity contribution in [2.24, 2.45) is 0 Å². The second kappa shape index (κ2) is 9.34. The molecular weight excluding hydrogens is 306 g/mol. The van der Waals surface area contributed by atoms with Crippen LogP contribution in [0.25, 0.3) is 0 Å². The first-order valence-corrected chi connectivity index (χ1v) is 8.45. The third-order valence-electron chi connectivity index (χ3n) is 2.80. The summed E-state index contributed by atoms with van der Waals surface area (Å²) in [5.74, 6) is -0.512. The number of hydrogen-bond acceptors (Lipinski definition) is 5. The summed E-state index contributed by atoms with van der Waals surface area (Å²) in [6.45, 7) is 2.05. The molecule has 0 saturated carbocycles. The molecule has 0 aliphatic heterocycles. The fraction of sp³-hybridized carbons (Fsp3) is 0.400. The van der Waals surface area contributed by atoms with E-state index >= 15 is 0 Å². The molecule has 0 heterocycles. The molecule has 0 saturated heterocycles. The molecule has 1 N–H and O–H groups in total. The Labute approximate surface area is 131 Å². The van der Waals surface area contributed by atoms with Crippen LogP contribution in [0, 0.1) is 0 Å². The summed E-state index contributed by atoms with van der Waals surface area (Å²) in [5.41, 5.74) is 0. The highest BCUT2D eigenvalue weighted by Gasteiger charge is 2.22. The predicted molar refractivity (Wildman–Crippen MR) is 82.7 cm³/mol. The molecule has 0 aromatic heterocycles. The van der Waals surface area contributed by atoms with Crippen molar-refractivity contribution in [2.45, 2.75) is 18.2 Å². The first kappa shape index (κ1) is 18.3. The van der Waals surface area contributed by atoms with E-state index < -0.39 is 16.0 Å². The summed E-state index contributed by atoms with van der Waals surface area (Å²) in [5, 5.41) is 8.92. The number of benzene rings is 1. The van der Waals surface area contributed by atoms with Gasteiger partial charge in [0.25, 0.3) is 0 Å². The zero-order valence-corrected chi connectivity index (χ0v) is 13.3. The minimum absolute atomic E-state index is 0.0377. The van der Waals surface area contributed by atoms with Crippen molar-refractivity contribution < 1.29 is 23.1 Å². The SMILES string of the molecule is CCOC(=O)/C=C\CN(CCCO)S(=O)(=O)c1ccccc1. The van der Waals surface area contributed by atoms with Crippen molar-refractivity contribution in [2.75, 3.05) is 26.3 Å². The monoisotopic (exact) mass is 327 g/mol. The maximum atomic E-state index is 12.5. The van der Waals surface area contributed by atoms with Gasteiger partial charge >= 0.3 is 5.97 Å². The third-order valence-corrected chi connectivity index (χ3v) is 4.68. The van der Waals surface area contributed by atoms with E-state index in [1.165, 1.54) is 28.6 Å². The van der Waals surface area contributed by atoms with Crippen molar-refractivity contribution in [3.63, 3.8) is 0 Å². The Morgan fingerprint density at radius 3 is 2.59 bits per heavy atom. The summed E-state index contributed by atoms with van der Waals surface area (Å²) in [4.78, 5) is 11.4. The Kier molecular flexibility index (Phi) is 7.79. The number of carbonyl (C=O) groups excluding carboxylic acids is 1. The first-order chi connectivity index (χ1) is 10.5. The second-order valence-corrected chi connectivity index (χ2v) is 6.35. The largest absolute Gasteiger partial charge is 0.463 e. The molecule has 122 valence electrons. The van der Waals surface area contributed by atoms with E-state index in [9.17, 15) is 13.2 Å². The molecule has 1 aromatic carbocycles. The lowest BCUT2D eigenvalue weighted by Gasteiger charge is -2.20. The van der Waals surface area contributed by atoms with Gasteiger partial charge in [0.2, 0.25) is 10.0 Å². The van der Waals surface area contributed by atoms with Crippen LogP contribution in [0.1, 0.15) is 13.3 Å². The standard InChI is InChI=1S/C15H21NO5S/c1-2-21-15(18)10-6-11-16(12-7-13-17)22(19,20)14-8-4-3-5-9-14/h3-6,8-10,17H,2,7,11-13H2,1H3/b10-6-. The van der Waals surface area contributed by atoms with Gasteiger partial charge in [-0.25, -0.2) is 13.2 Å². The van der Waals surface area contributed by atoms with E-state index in [1.807, 2.05) is 0 Å². The van der Waals surface area contributed by atoms with Crippen LogP contribution in [-0.2, 0) is 19.6 Å². The Hall–Kier alpha value is -1.70. The van der Waals surface area contributed by atoms with Gasteiger partial charge in [-0.15, -0.1) is 0 Å². The maximum absolute atomic E-state index is 12.5. The highest BCUT2D eigenvalue weighted by Crippen LogP contribution is 2.15. The molecule has 7 heteroatoms. The Bertz CT molecular complexity index is 583. The zero-order valence-electron chi connectivity index (χ0n) is 12.5. The van der Waals surface area contributed by atoms with E-state index in [0.29, 0.717) is 6.42 Å². The second-order valence-electron chi connectivity index (χ2n) is 4.41. The molecule has 22 heavy (non-hydrogen) atoms. The van der Waals surface area contributed by atoms with Crippen LogP contribution in [0.4, 0.5) is 0 Å². The Balaban J connectivity index is 2.86. The zero-order chi connectivity index (χ0) is 16.4. The van der Waals surface area contributed by atoms with Gasteiger partial charge in [-0.3, -0.25) is 0 Å². The van der Waals surface area contributed by atoms with Crippen molar-refractivity contribution in [1.82, 2.24) is 4.31 Å². The lowest BCUT2D eigenvalue weighted by molar-refractivity contribution is -0.137. The van der Waals surface area contributed by atoms with Gasteiger partial charge in [0.05, 0.1) is 11.5 Å². The fourth-order valence-electron chi connectivity index (χ4n) is 1.76. The summed E-state index contributed by atoms with van der Waals surface area (Å²) < 4.78 is 31.0. The molecule has 0 bridgehead atoms. The van der Waals surface area contributed by atoms with Gasteiger partial charge in [0.15, 0.2) is 0 Å². The highest BCUT2D eigenvalue weighted by molar-refractivity contribution is 7.89. The quantitative estimate of drug-likeness (QED) is 0.544. The van der Waals surface area contributed by atoms with Gasteiger partial charge in [0.1, 0.15) is 0 Å². The number of aliphatic hydroxyl groups excluding tert-OH is 1. The van der Waals surface area contributed by atoms with Crippen LogP contribution < -0.4 is 0 Å². The van der Waals surface area contributed by atoms with Gasteiger partial charge in [-0.2, -0.15) is 4.31 Å². The van der Waals surface area contributed by atoms with Crippen LogP contribution in [-0.4, -0.2) is 50.1 Å². The smallest absolute Gasteiger partial charge is 0.330 e. The molecule has 0 aliphatic rings. The number of sulfonamides is 1. The van der Waals surface area contributed by atoms with Gasteiger partial charge in [-0.1, -0.05) is 24.3 Å². The van der Waals surface area contributed by atoms with Crippen molar-refractivity contribution >= 4 is 16.0 Å². The number of rotatable bonds is 9. The number of hydrogen-bond donors (Lipinski definition) is 1. The molecule has 0 unspecified atom stereocenters. The summed E-state index contributed by atoms with van der Waals surface area (Å²) in [6, 6.07) is 8.04. The maximum Gasteiger partial charge on any atom is 0.330 e. The Morgan fingerprint density at radius 2 is 2.00 bits per heavy atom. The van der Waals surface area contributed by atoms with Crippen LogP contribution in [0.2, 0.25) is 0 Å². The van der Waals surface area contributed by atoms with Gasteiger partial charge in [0, 0.05) is 25.8 Å². The van der Waals surface area contributed by atoms with E-state index in [1.54, 1.807) is 25.1 Å². The molecule has 0 radical (unpaired) electrons. The van der Waals surface area contributed by atoms with E-state index in [2.05, 4.69) is 0 Å². The summed E-state index contributed by atoms with van der Waals surface area (Å²) in [7, 11) is -3.66. The van der Waals surface area contributed by atoms with Crippen molar-refractivity contribution in [3.05, 3.63) is 42.5 Å². The summed E-state index contributed by atoms with van der Waals surface area (Å²) >= 11 is 0. The number of esters is 1. The number of ether oxygens (including phenoxy) is 1. The van der Waals surface area contributed by atoms with Crippen molar-refractivity contribution in [3.8, 4) is 0 Å². The highest BCUT2D eigenvalue weighted by atomic mass is 32.2. The predicted octanol–water partition coefficient (Wildman–Crippen LogP) is 1.18. The number of aliphatic hydroxyl groups is 1. The molecule has 0 amide bonds. The molecule has 0 aliphatic carbocycles. The van der Waals surface area contributed by atoms with Gasteiger partial charge < -0.3 is 9.84 Å². The number of carbonyl (C=O) groups is 1. The van der Waals surface area contributed by atoms with E-state index in [4.69, 9.17) is 9.84 Å². The molecule has 0 atom stereocenters. The van der Waals surface area contributed by atoms with Gasteiger partial charge in [-0.05, 0) is 25.5 Å². The summed E-state index contributed by atoms with van der Waals surface area (Å²) in [6.07, 6.45) is 2.96. The van der Waals surface area contributed by atoms with Crippen LogP contribution in [0.5, 0.6) is 0 Å². The van der Waals surface area contributed by atoms with Crippen LogP contribution in [0.3, 0.4) is 0 Å². The normalized spacial score (nSPS) is 12.0. The Morgan fingerprint density at radius 1 is 1.32 bits per heavy atom. The van der Waals surface area contributed by atoms with E-state index in [0.717, 1.165) is 0 Å². The molecule has 0 spiro atoms. The third kappa shape index (κ3) is 5.59. The number of nitrogens with zero attached hydrogens (tertiary/aromatic N) is 1. The topological polar surface area (TPSA) is 83.9 Å². The average molecular weight is 327 g/mol. The lowest BCUT2D eigenvalue weighted by atomic mass is 10.4. The average Bonchev–Trinajstić information content (AvgIpc) is 2.51. The molecule has 1 aromatic rings. The molecule has 6 nitrogen and oxygen atoms in total.